The maximum Gasteiger partial charge on any atom is 0.417 e. The van der Waals surface area contributed by atoms with Gasteiger partial charge in [-0.25, -0.2) is 4.98 Å². The number of benzene rings is 1. The summed E-state index contributed by atoms with van der Waals surface area (Å²) in [5, 5.41) is 2.77. The highest BCUT2D eigenvalue weighted by molar-refractivity contribution is 5.81. The van der Waals surface area contributed by atoms with Crippen molar-refractivity contribution in [3.8, 4) is 0 Å². The molecule has 1 amide bonds. The van der Waals surface area contributed by atoms with Gasteiger partial charge in [-0.1, -0.05) is 37.3 Å². The predicted molar refractivity (Wildman–Crippen MR) is 113 cm³/mol. The van der Waals surface area contributed by atoms with Crippen molar-refractivity contribution < 1.29 is 27.5 Å². The van der Waals surface area contributed by atoms with Crippen LogP contribution in [-0.2, 0) is 20.5 Å². The number of piperidine rings is 1. The second kappa shape index (κ2) is 10.5. The standard InChI is InChI=1S/C23H26F3N3O3/c1-16(17-5-3-2-4-6-17)13-28-21(30)15-32-22(31)18-9-11-29(12-10-18)20-8-7-19(14-27-20)23(24,25)26/h2-8,14,16,18H,9-13,15H2,1H3,(H,28,30)/t16-/m1/s1. The second-order valence-electron chi connectivity index (χ2n) is 7.89. The second-order valence-corrected chi connectivity index (χ2v) is 7.89. The van der Waals surface area contributed by atoms with Gasteiger partial charge in [-0.3, -0.25) is 9.59 Å². The zero-order valence-corrected chi connectivity index (χ0v) is 17.8. The average Bonchev–Trinajstić information content (AvgIpc) is 2.81. The average molecular weight is 449 g/mol. The quantitative estimate of drug-likeness (QED) is 0.652. The Bertz CT molecular complexity index is 896. The molecule has 2 aromatic rings. The zero-order valence-electron chi connectivity index (χ0n) is 17.8. The van der Waals surface area contributed by atoms with Gasteiger partial charge in [-0.15, -0.1) is 0 Å². The van der Waals surface area contributed by atoms with E-state index in [9.17, 15) is 22.8 Å². The number of anilines is 1. The minimum atomic E-state index is -4.42. The topological polar surface area (TPSA) is 71.5 Å². The van der Waals surface area contributed by atoms with Crippen LogP contribution < -0.4 is 10.2 Å². The van der Waals surface area contributed by atoms with Crippen molar-refractivity contribution in [2.75, 3.05) is 31.1 Å². The lowest BCUT2D eigenvalue weighted by atomic mass is 9.97. The summed E-state index contributed by atoms with van der Waals surface area (Å²) >= 11 is 0. The van der Waals surface area contributed by atoms with Crippen molar-refractivity contribution in [1.82, 2.24) is 10.3 Å². The Morgan fingerprint density at radius 3 is 2.44 bits per heavy atom. The number of nitrogens with one attached hydrogen (secondary N) is 1. The van der Waals surface area contributed by atoms with Crippen LogP contribution in [0.3, 0.4) is 0 Å². The van der Waals surface area contributed by atoms with Crippen molar-refractivity contribution in [3.05, 3.63) is 59.8 Å². The molecule has 172 valence electrons. The molecule has 6 nitrogen and oxygen atoms in total. The lowest BCUT2D eigenvalue weighted by Crippen LogP contribution is -2.38. The molecule has 1 saturated heterocycles. The number of hydrogen-bond donors (Lipinski definition) is 1. The highest BCUT2D eigenvalue weighted by Crippen LogP contribution is 2.30. The highest BCUT2D eigenvalue weighted by Gasteiger charge is 2.31. The van der Waals surface area contributed by atoms with Crippen LogP contribution in [-0.4, -0.2) is 43.1 Å². The van der Waals surface area contributed by atoms with Crippen LogP contribution in [0.1, 0.15) is 36.8 Å². The summed E-state index contributed by atoms with van der Waals surface area (Å²) in [5.74, 6) is -0.559. The molecule has 2 heterocycles. The molecule has 3 rings (SSSR count). The number of alkyl halides is 3. The fraction of sp³-hybridized carbons (Fsp3) is 0.435. The van der Waals surface area contributed by atoms with E-state index in [0.717, 1.165) is 17.8 Å². The van der Waals surface area contributed by atoms with E-state index in [2.05, 4.69) is 10.3 Å². The molecule has 1 fully saturated rings. The molecule has 9 heteroatoms. The fourth-order valence-corrected chi connectivity index (χ4v) is 3.56. The van der Waals surface area contributed by atoms with Gasteiger partial charge >= 0.3 is 12.1 Å². The Balaban J connectivity index is 1.38. The van der Waals surface area contributed by atoms with E-state index in [1.165, 1.54) is 6.07 Å². The Kier molecular flexibility index (Phi) is 7.71. The SMILES string of the molecule is C[C@H](CNC(=O)COC(=O)C1CCN(c2ccc(C(F)(F)F)cn2)CC1)c1ccccc1. The Labute approximate surface area is 184 Å². The van der Waals surface area contributed by atoms with Gasteiger partial charge in [0.15, 0.2) is 6.61 Å². The number of halogens is 3. The van der Waals surface area contributed by atoms with E-state index in [1.807, 2.05) is 42.2 Å². The molecule has 0 spiro atoms. The molecule has 0 radical (unpaired) electrons. The molecule has 1 aromatic heterocycles. The van der Waals surface area contributed by atoms with Crippen LogP contribution in [0.5, 0.6) is 0 Å². The van der Waals surface area contributed by atoms with E-state index < -0.39 is 17.7 Å². The third kappa shape index (κ3) is 6.45. The summed E-state index contributed by atoms with van der Waals surface area (Å²) in [6.07, 6.45) is -2.65. The normalized spacial score (nSPS) is 15.8. The summed E-state index contributed by atoms with van der Waals surface area (Å²) in [7, 11) is 0. The lowest BCUT2D eigenvalue weighted by Gasteiger charge is -2.31. The fourth-order valence-electron chi connectivity index (χ4n) is 3.56. The molecular weight excluding hydrogens is 423 g/mol. The van der Waals surface area contributed by atoms with Crippen molar-refractivity contribution in [2.45, 2.75) is 31.9 Å². The third-order valence-corrected chi connectivity index (χ3v) is 5.55. The van der Waals surface area contributed by atoms with Gasteiger partial charge in [-0.05, 0) is 36.5 Å². The smallest absolute Gasteiger partial charge is 0.417 e. The Morgan fingerprint density at radius 1 is 1.16 bits per heavy atom. The number of carbonyl (C=O) groups is 2. The van der Waals surface area contributed by atoms with Crippen LogP contribution in [0.4, 0.5) is 19.0 Å². The third-order valence-electron chi connectivity index (χ3n) is 5.55. The first-order chi connectivity index (χ1) is 15.2. The van der Waals surface area contributed by atoms with Crippen molar-refractivity contribution >= 4 is 17.7 Å². The van der Waals surface area contributed by atoms with Gasteiger partial charge in [0, 0.05) is 25.8 Å². The van der Waals surface area contributed by atoms with Crippen LogP contribution in [0, 0.1) is 5.92 Å². The molecule has 0 bridgehead atoms. The number of ether oxygens (including phenoxy) is 1. The summed E-state index contributed by atoms with van der Waals surface area (Å²) in [6.45, 7) is 3.05. The highest BCUT2D eigenvalue weighted by atomic mass is 19.4. The summed E-state index contributed by atoms with van der Waals surface area (Å²) in [6, 6.07) is 12.1. The molecule has 0 aliphatic carbocycles. The number of hydrogen-bond acceptors (Lipinski definition) is 5. The molecule has 0 saturated carbocycles. The van der Waals surface area contributed by atoms with Crippen LogP contribution in [0.25, 0.3) is 0 Å². The van der Waals surface area contributed by atoms with E-state index in [0.29, 0.717) is 38.3 Å². The number of rotatable bonds is 7. The Morgan fingerprint density at radius 2 is 1.84 bits per heavy atom. The minimum Gasteiger partial charge on any atom is -0.455 e. The maximum atomic E-state index is 12.7. The molecule has 1 N–H and O–H groups in total. The first-order valence-electron chi connectivity index (χ1n) is 10.5. The number of aromatic nitrogens is 1. The molecule has 1 aliphatic rings. The number of carbonyl (C=O) groups excluding carboxylic acids is 2. The number of esters is 1. The molecule has 0 unspecified atom stereocenters. The van der Waals surface area contributed by atoms with Crippen LogP contribution in [0.15, 0.2) is 48.7 Å². The summed E-state index contributed by atoms with van der Waals surface area (Å²) in [4.78, 5) is 30.0. The van der Waals surface area contributed by atoms with E-state index in [1.54, 1.807) is 0 Å². The first-order valence-corrected chi connectivity index (χ1v) is 10.5. The van der Waals surface area contributed by atoms with Gasteiger partial charge in [0.05, 0.1) is 11.5 Å². The number of pyridine rings is 1. The van der Waals surface area contributed by atoms with Crippen LogP contribution in [0.2, 0.25) is 0 Å². The van der Waals surface area contributed by atoms with Crippen molar-refractivity contribution in [2.24, 2.45) is 5.92 Å². The van der Waals surface area contributed by atoms with Crippen LogP contribution >= 0.6 is 0 Å². The zero-order chi connectivity index (χ0) is 23.1. The molecule has 32 heavy (non-hydrogen) atoms. The lowest BCUT2D eigenvalue weighted by molar-refractivity contribution is -0.153. The minimum absolute atomic E-state index is 0.138. The van der Waals surface area contributed by atoms with Gasteiger partial charge in [0.1, 0.15) is 5.82 Å². The molecule has 1 atom stereocenters. The summed E-state index contributed by atoms with van der Waals surface area (Å²) in [5.41, 5.74) is 0.315. The monoisotopic (exact) mass is 449 g/mol. The van der Waals surface area contributed by atoms with Crippen molar-refractivity contribution in [1.29, 1.82) is 0 Å². The van der Waals surface area contributed by atoms with E-state index in [-0.39, 0.29) is 24.3 Å². The van der Waals surface area contributed by atoms with Gasteiger partial charge in [0.2, 0.25) is 0 Å². The van der Waals surface area contributed by atoms with Crippen molar-refractivity contribution in [3.63, 3.8) is 0 Å². The van der Waals surface area contributed by atoms with E-state index >= 15 is 0 Å². The number of nitrogens with zero attached hydrogens (tertiary/aromatic N) is 2. The predicted octanol–water partition coefficient (Wildman–Crippen LogP) is 3.78. The molecule has 1 aliphatic heterocycles. The maximum absolute atomic E-state index is 12.7. The number of amides is 1. The van der Waals surface area contributed by atoms with E-state index in [4.69, 9.17) is 4.74 Å². The van der Waals surface area contributed by atoms with Gasteiger partial charge < -0.3 is 15.0 Å². The van der Waals surface area contributed by atoms with Gasteiger partial charge in [-0.2, -0.15) is 13.2 Å². The summed E-state index contributed by atoms with van der Waals surface area (Å²) < 4.78 is 43.2. The molecule has 1 aromatic carbocycles. The first kappa shape index (κ1) is 23.6. The molecular formula is C23H26F3N3O3. The largest absolute Gasteiger partial charge is 0.455 e. The Hall–Kier alpha value is -3.10. The van der Waals surface area contributed by atoms with Gasteiger partial charge in [0.25, 0.3) is 5.91 Å².